The number of aliphatic carboxylic acids is 1. The fourth-order valence-electron chi connectivity index (χ4n) is 3.26. The summed E-state index contributed by atoms with van der Waals surface area (Å²) >= 11 is 0. The Balaban J connectivity index is 0. The zero-order chi connectivity index (χ0) is 19.6. The van der Waals surface area contributed by atoms with Crippen LogP contribution in [-0.2, 0) is 9.59 Å². The normalized spacial score (nSPS) is 11.9. The predicted molar refractivity (Wildman–Crippen MR) is 107 cm³/mol. The first-order valence-electron chi connectivity index (χ1n) is 11.0. The largest absolute Gasteiger partial charge is 1.00 e. The smallest absolute Gasteiger partial charge is 0.548 e. The molecule has 0 aromatic carbocycles. The molecule has 1 N–H and O–H groups in total. The van der Waals surface area contributed by atoms with Gasteiger partial charge in [-0.05, 0) is 18.8 Å². The zero-order valence-corrected chi connectivity index (χ0v) is 20.5. The maximum Gasteiger partial charge on any atom is 1.00 e. The average Bonchev–Trinajstić information content (AvgIpc) is 2.58. The first-order chi connectivity index (χ1) is 12.5. The minimum Gasteiger partial charge on any atom is -0.548 e. The van der Waals surface area contributed by atoms with Crippen molar-refractivity contribution in [1.29, 1.82) is 0 Å². The van der Waals surface area contributed by atoms with Crippen molar-refractivity contribution in [3.8, 4) is 0 Å². The van der Waals surface area contributed by atoms with Crippen molar-refractivity contribution in [2.75, 3.05) is 0 Å². The van der Waals surface area contributed by atoms with Gasteiger partial charge in [0.2, 0.25) is 5.91 Å². The second kappa shape index (κ2) is 20.7. The minimum absolute atomic E-state index is 0. The quantitative estimate of drug-likeness (QED) is 0.286. The molecule has 1 amide bonds. The summed E-state index contributed by atoms with van der Waals surface area (Å²) in [7, 11) is 0. The Morgan fingerprint density at radius 2 is 1.19 bits per heavy atom. The summed E-state index contributed by atoms with van der Waals surface area (Å²) in [4.78, 5) is 22.9. The summed E-state index contributed by atoms with van der Waals surface area (Å²) in [6, 6.07) is -0.857. The van der Waals surface area contributed by atoms with Crippen LogP contribution < -0.4 is 40.0 Å². The minimum atomic E-state index is -1.18. The Morgan fingerprint density at radius 1 is 0.778 bits per heavy atom. The first kappa shape index (κ1) is 29.1. The Bertz CT molecular complexity index is 361. The van der Waals surface area contributed by atoms with Gasteiger partial charge in [0.1, 0.15) is 0 Å². The number of carboxylic acids is 1. The van der Waals surface area contributed by atoms with E-state index in [1.165, 1.54) is 70.6 Å². The topological polar surface area (TPSA) is 69.2 Å². The van der Waals surface area contributed by atoms with Gasteiger partial charge in [0.15, 0.2) is 0 Å². The van der Waals surface area contributed by atoms with Gasteiger partial charge < -0.3 is 15.2 Å². The molecule has 1 atom stereocenters. The Hall–Kier alpha value is -0.0600. The van der Waals surface area contributed by atoms with Crippen molar-refractivity contribution in [2.24, 2.45) is 5.92 Å². The first-order valence-corrected chi connectivity index (χ1v) is 11.0. The van der Waals surface area contributed by atoms with E-state index in [-0.39, 0.29) is 41.4 Å². The average molecular weight is 392 g/mol. The summed E-state index contributed by atoms with van der Waals surface area (Å²) in [5.41, 5.74) is 0. The molecule has 0 heterocycles. The third-order valence-corrected chi connectivity index (χ3v) is 4.83. The van der Waals surface area contributed by atoms with Crippen LogP contribution in [0.4, 0.5) is 0 Å². The Morgan fingerprint density at radius 3 is 1.56 bits per heavy atom. The van der Waals surface area contributed by atoms with E-state index in [0.717, 1.165) is 12.8 Å². The molecule has 0 fully saturated rings. The third-order valence-electron chi connectivity index (χ3n) is 4.83. The number of nitrogens with one attached hydrogen (secondary N) is 1. The van der Waals surface area contributed by atoms with Gasteiger partial charge in [-0.2, -0.15) is 0 Å². The van der Waals surface area contributed by atoms with Gasteiger partial charge in [0.05, 0.1) is 12.0 Å². The fourth-order valence-corrected chi connectivity index (χ4v) is 3.26. The van der Waals surface area contributed by atoms with Gasteiger partial charge in [0, 0.05) is 6.42 Å². The number of unbranched alkanes of at least 4 members (excludes halogenated alkanes) is 12. The van der Waals surface area contributed by atoms with Gasteiger partial charge in [-0.3, -0.25) is 4.79 Å². The molecule has 0 bridgehead atoms. The summed E-state index contributed by atoms with van der Waals surface area (Å²) in [6.45, 7) is 6.13. The maximum absolute atomic E-state index is 11.8. The maximum atomic E-state index is 11.8. The number of carbonyl (C=O) groups is 2. The van der Waals surface area contributed by atoms with Crippen molar-refractivity contribution in [3.05, 3.63) is 0 Å². The fraction of sp³-hybridized carbons (Fsp3) is 0.909. The molecule has 27 heavy (non-hydrogen) atoms. The van der Waals surface area contributed by atoms with Crippen LogP contribution in [0.5, 0.6) is 0 Å². The van der Waals surface area contributed by atoms with Crippen molar-refractivity contribution < 1.29 is 44.3 Å². The molecule has 5 heteroatoms. The van der Waals surface area contributed by atoms with Crippen LogP contribution in [-0.4, -0.2) is 17.9 Å². The van der Waals surface area contributed by atoms with E-state index in [4.69, 9.17) is 0 Å². The number of hydrogen-bond acceptors (Lipinski definition) is 3. The number of amides is 1. The number of rotatable bonds is 18. The molecule has 0 aliphatic rings. The molecule has 0 aliphatic carbocycles. The molecule has 1 unspecified atom stereocenters. The molecule has 4 nitrogen and oxygen atoms in total. The molecular formula is C22H42NNaO3. The van der Waals surface area contributed by atoms with Crippen LogP contribution in [0.15, 0.2) is 0 Å². The van der Waals surface area contributed by atoms with Crippen LogP contribution >= 0.6 is 0 Å². The van der Waals surface area contributed by atoms with Crippen molar-refractivity contribution in [2.45, 2.75) is 123 Å². The van der Waals surface area contributed by atoms with Crippen molar-refractivity contribution in [1.82, 2.24) is 5.32 Å². The van der Waals surface area contributed by atoms with Crippen LogP contribution in [0, 0.1) is 5.92 Å². The summed E-state index contributed by atoms with van der Waals surface area (Å²) < 4.78 is 0. The molecule has 0 saturated heterocycles. The van der Waals surface area contributed by atoms with Crippen LogP contribution in [0.2, 0.25) is 0 Å². The van der Waals surface area contributed by atoms with E-state index in [0.29, 0.717) is 12.8 Å². The molecule has 0 spiro atoms. The van der Waals surface area contributed by atoms with Gasteiger partial charge in [0.25, 0.3) is 0 Å². The van der Waals surface area contributed by atoms with Gasteiger partial charge in [-0.1, -0.05) is 97.8 Å². The molecule has 0 aromatic rings. The van der Waals surface area contributed by atoms with Crippen LogP contribution in [0.1, 0.15) is 117 Å². The second-order valence-corrected chi connectivity index (χ2v) is 8.06. The molecule has 154 valence electrons. The molecule has 0 radical (unpaired) electrons. The third kappa shape index (κ3) is 20.5. The standard InChI is InChI=1S/C22H43NO3.Na/c1-4-5-6-7-8-9-10-11-12-13-14-15-16-17-21(24)23-20(22(25)26)18-19(2)3;/h19-20H,4-18H2,1-3H3,(H,23,24)(H,25,26);/q;+1/p-1. The summed E-state index contributed by atoms with van der Waals surface area (Å²) in [5.74, 6) is -1.13. The van der Waals surface area contributed by atoms with Gasteiger partial charge in [-0.25, -0.2) is 0 Å². The molecule has 0 rings (SSSR count). The molecule has 0 aromatic heterocycles. The molecular weight excluding hydrogens is 349 g/mol. The Kier molecular flexibility index (Phi) is 22.3. The summed E-state index contributed by atoms with van der Waals surface area (Å²) in [5, 5.41) is 13.6. The van der Waals surface area contributed by atoms with E-state index in [1.807, 2.05) is 13.8 Å². The van der Waals surface area contributed by atoms with Crippen molar-refractivity contribution in [3.63, 3.8) is 0 Å². The van der Waals surface area contributed by atoms with Gasteiger partial charge in [-0.15, -0.1) is 0 Å². The summed E-state index contributed by atoms with van der Waals surface area (Å²) in [6.07, 6.45) is 17.4. The van der Waals surface area contributed by atoms with Crippen molar-refractivity contribution >= 4 is 11.9 Å². The van der Waals surface area contributed by atoms with Crippen LogP contribution in [0.3, 0.4) is 0 Å². The van der Waals surface area contributed by atoms with E-state index in [2.05, 4.69) is 12.2 Å². The Labute approximate surface area is 189 Å². The molecule has 0 aliphatic heterocycles. The monoisotopic (exact) mass is 391 g/mol. The number of carboxylic acid groups (broad SMARTS) is 1. The zero-order valence-electron chi connectivity index (χ0n) is 18.5. The molecule has 0 saturated carbocycles. The second-order valence-electron chi connectivity index (χ2n) is 8.06. The number of hydrogen-bond donors (Lipinski definition) is 1. The van der Waals surface area contributed by atoms with Crippen LogP contribution in [0.25, 0.3) is 0 Å². The predicted octanol–water partition coefficient (Wildman–Crippen LogP) is 1.75. The van der Waals surface area contributed by atoms with Gasteiger partial charge >= 0.3 is 29.6 Å². The number of carbonyl (C=O) groups excluding carboxylic acids is 2. The van der Waals surface area contributed by atoms with E-state index in [1.54, 1.807) is 0 Å². The van der Waals surface area contributed by atoms with E-state index in [9.17, 15) is 14.7 Å². The van der Waals surface area contributed by atoms with E-state index >= 15 is 0 Å². The van der Waals surface area contributed by atoms with E-state index < -0.39 is 12.0 Å². The SMILES string of the molecule is CCCCCCCCCCCCCCCC(=O)NC(CC(C)C)C(=O)[O-].[Na+].